The maximum atomic E-state index is 5.41. The van der Waals surface area contributed by atoms with Crippen molar-refractivity contribution >= 4 is 10.9 Å². The number of hydrogen-bond donors (Lipinski definition) is 0. The topological polar surface area (TPSA) is 17.4 Å². The lowest BCUT2D eigenvalue weighted by molar-refractivity contribution is 0.344. The van der Waals surface area contributed by atoms with Crippen LogP contribution in [0.25, 0.3) is 10.9 Å². The number of ether oxygens (including phenoxy) is 1. The SMILES string of the molecule is COc1cc2ccccc2n1CCN(C)C. The standard InChI is InChI=1S/C13H18N2O/c1-14(2)8-9-15-12-7-5-4-6-11(12)10-13(15)16-3/h4-7,10H,8-9H2,1-3H3. The molecule has 0 saturated heterocycles. The fourth-order valence-corrected chi connectivity index (χ4v) is 1.88. The summed E-state index contributed by atoms with van der Waals surface area (Å²) in [6.07, 6.45) is 0. The summed E-state index contributed by atoms with van der Waals surface area (Å²) in [7, 11) is 5.89. The van der Waals surface area contributed by atoms with E-state index < -0.39 is 0 Å². The molecular weight excluding hydrogens is 200 g/mol. The number of likely N-dealkylation sites (N-methyl/N-ethyl adjacent to an activating group) is 1. The van der Waals surface area contributed by atoms with E-state index in [9.17, 15) is 0 Å². The van der Waals surface area contributed by atoms with Crippen molar-refractivity contribution < 1.29 is 4.74 Å². The van der Waals surface area contributed by atoms with Crippen molar-refractivity contribution in [2.45, 2.75) is 6.54 Å². The van der Waals surface area contributed by atoms with Gasteiger partial charge in [0, 0.05) is 24.5 Å². The van der Waals surface area contributed by atoms with Crippen LogP contribution in [-0.2, 0) is 6.54 Å². The maximum Gasteiger partial charge on any atom is 0.194 e. The van der Waals surface area contributed by atoms with Crippen molar-refractivity contribution in [3.05, 3.63) is 30.3 Å². The van der Waals surface area contributed by atoms with Crippen molar-refractivity contribution in [3.8, 4) is 5.88 Å². The summed E-state index contributed by atoms with van der Waals surface area (Å²) < 4.78 is 7.62. The van der Waals surface area contributed by atoms with Gasteiger partial charge in [-0.15, -0.1) is 0 Å². The van der Waals surface area contributed by atoms with Gasteiger partial charge in [0.05, 0.1) is 12.6 Å². The number of fused-ring (bicyclic) bond motifs is 1. The van der Waals surface area contributed by atoms with E-state index in [-0.39, 0.29) is 0 Å². The second-order valence-corrected chi connectivity index (χ2v) is 4.20. The first kappa shape index (κ1) is 11.0. The third kappa shape index (κ3) is 2.04. The highest BCUT2D eigenvalue weighted by atomic mass is 16.5. The van der Waals surface area contributed by atoms with Gasteiger partial charge in [0.25, 0.3) is 0 Å². The van der Waals surface area contributed by atoms with Crippen molar-refractivity contribution in [3.63, 3.8) is 0 Å². The first-order chi connectivity index (χ1) is 7.72. The maximum absolute atomic E-state index is 5.41. The van der Waals surface area contributed by atoms with Gasteiger partial charge in [-0.2, -0.15) is 0 Å². The number of nitrogens with zero attached hydrogens (tertiary/aromatic N) is 2. The van der Waals surface area contributed by atoms with Crippen LogP contribution < -0.4 is 4.74 Å². The van der Waals surface area contributed by atoms with Gasteiger partial charge in [-0.3, -0.25) is 0 Å². The van der Waals surface area contributed by atoms with Gasteiger partial charge < -0.3 is 14.2 Å². The molecule has 0 amide bonds. The predicted molar refractivity (Wildman–Crippen MR) is 67.0 cm³/mol. The molecule has 16 heavy (non-hydrogen) atoms. The Morgan fingerprint density at radius 3 is 2.69 bits per heavy atom. The van der Waals surface area contributed by atoms with Crippen LogP contribution in [0.4, 0.5) is 0 Å². The number of methoxy groups -OCH3 is 1. The molecule has 3 heteroatoms. The van der Waals surface area contributed by atoms with E-state index >= 15 is 0 Å². The Morgan fingerprint density at radius 1 is 1.25 bits per heavy atom. The van der Waals surface area contributed by atoms with Crippen LogP contribution in [0, 0.1) is 0 Å². The van der Waals surface area contributed by atoms with E-state index in [1.54, 1.807) is 7.11 Å². The Bertz CT molecular complexity index is 474. The molecule has 0 spiro atoms. The zero-order valence-corrected chi connectivity index (χ0v) is 10.1. The minimum absolute atomic E-state index is 0.933. The molecule has 1 aromatic heterocycles. The number of para-hydroxylation sites is 1. The number of aromatic nitrogens is 1. The van der Waals surface area contributed by atoms with E-state index in [1.807, 2.05) is 0 Å². The first-order valence-corrected chi connectivity index (χ1v) is 5.49. The van der Waals surface area contributed by atoms with Crippen LogP contribution in [0.5, 0.6) is 5.88 Å². The number of rotatable bonds is 4. The van der Waals surface area contributed by atoms with Crippen molar-refractivity contribution in [2.24, 2.45) is 0 Å². The van der Waals surface area contributed by atoms with Gasteiger partial charge in [0.1, 0.15) is 0 Å². The molecular formula is C13H18N2O. The molecule has 2 aromatic rings. The predicted octanol–water partition coefficient (Wildman–Crippen LogP) is 2.21. The third-order valence-electron chi connectivity index (χ3n) is 2.75. The van der Waals surface area contributed by atoms with Gasteiger partial charge in [0.15, 0.2) is 5.88 Å². The Balaban J connectivity index is 2.39. The van der Waals surface area contributed by atoms with E-state index in [2.05, 4.69) is 53.9 Å². The third-order valence-corrected chi connectivity index (χ3v) is 2.75. The van der Waals surface area contributed by atoms with Crippen molar-refractivity contribution in [1.82, 2.24) is 9.47 Å². The molecule has 0 radical (unpaired) electrons. The fraction of sp³-hybridized carbons (Fsp3) is 0.385. The lowest BCUT2D eigenvalue weighted by atomic mass is 10.2. The van der Waals surface area contributed by atoms with E-state index in [4.69, 9.17) is 4.74 Å². The zero-order valence-electron chi connectivity index (χ0n) is 10.1. The normalized spacial score (nSPS) is 11.2. The second-order valence-electron chi connectivity index (χ2n) is 4.20. The Morgan fingerprint density at radius 2 is 2.00 bits per heavy atom. The summed E-state index contributed by atoms with van der Waals surface area (Å²) in [5.41, 5.74) is 1.24. The summed E-state index contributed by atoms with van der Waals surface area (Å²) in [5.74, 6) is 0.933. The number of hydrogen-bond acceptors (Lipinski definition) is 2. The molecule has 0 atom stereocenters. The minimum Gasteiger partial charge on any atom is -0.482 e. The summed E-state index contributed by atoms with van der Waals surface area (Å²) in [4.78, 5) is 2.17. The molecule has 0 fully saturated rings. The molecule has 0 saturated carbocycles. The smallest absolute Gasteiger partial charge is 0.194 e. The van der Waals surface area contributed by atoms with Gasteiger partial charge in [-0.1, -0.05) is 18.2 Å². The molecule has 2 rings (SSSR count). The zero-order chi connectivity index (χ0) is 11.5. The molecule has 0 aliphatic rings. The van der Waals surface area contributed by atoms with Crippen molar-refractivity contribution in [2.75, 3.05) is 27.7 Å². The Kier molecular flexibility index (Phi) is 3.15. The Labute approximate surface area is 96.2 Å². The van der Waals surface area contributed by atoms with Crippen LogP contribution in [0.1, 0.15) is 0 Å². The van der Waals surface area contributed by atoms with Gasteiger partial charge in [-0.05, 0) is 20.2 Å². The molecule has 1 heterocycles. The fourth-order valence-electron chi connectivity index (χ4n) is 1.88. The molecule has 0 bridgehead atoms. The van der Waals surface area contributed by atoms with Crippen LogP contribution in [0.15, 0.2) is 30.3 Å². The second kappa shape index (κ2) is 4.58. The van der Waals surface area contributed by atoms with Gasteiger partial charge >= 0.3 is 0 Å². The van der Waals surface area contributed by atoms with E-state index in [0.29, 0.717) is 0 Å². The summed E-state index contributed by atoms with van der Waals surface area (Å²) in [5, 5.41) is 1.23. The highest BCUT2D eigenvalue weighted by Crippen LogP contribution is 2.24. The van der Waals surface area contributed by atoms with E-state index in [0.717, 1.165) is 19.0 Å². The van der Waals surface area contributed by atoms with Crippen LogP contribution >= 0.6 is 0 Å². The Hall–Kier alpha value is -1.48. The number of benzene rings is 1. The molecule has 0 unspecified atom stereocenters. The molecule has 0 aliphatic carbocycles. The summed E-state index contributed by atoms with van der Waals surface area (Å²) in [6.45, 7) is 1.96. The van der Waals surface area contributed by atoms with Crippen LogP contribution in [0.2, 0.25) is 0 Å². The average Bonchev–Trinajstić information content (AvgIpc) is 2.64. The largest absolute Gasteiger partial charge is 0.482 e. The van der Waals surface area contributed by atoms with Gasteiger partial charge in [-0.25, -0.2) is 0 Å². The molecule has 0 N–H and O–H groups in total. The lowest BCUT2D eigenvalue weighted by Crippen LogP contribution is -2.18. The van der Waals surface area contributed by atoms with Crippen LogP contribution in [-0.4, -0.2) is 37.2 Å². The van der Waals surface area contributed by atoms with E-state index in [1.165, 1.54) is 10.9 Å². The highest BCUT2D eigenvalue weighted by molar-refractivity contribution is 5.82. The van der Waals surface area contributed by atoms with Crippen LogP contribution in [0.3, 0.4) is 0 Å². The monoisotopic (exact) mass is 218 g/mol. The van der Waals surface area contributed by atoms with Gasteiger partial charge in [0.2, 0.25) is 0 Å². The molecule has 0 aliphatic heterocycles. The highest BCUT2D eigenvalue weighted by Gasteiger charge is 2.08. The summed E-state index contributed by atoms with van der Waals surface area (Å²) >= 11 is 0. The quantitative estimate of drug-likeness (QED) is 0.783. The molecule has 1 aromatic carbocycles. The molecule has 3 nitrogen and oxygen atoms in total. The lowest BCUT2D eigenvalue weighted by Gasteiger charge is -2.13. The average molecular weight is 218 g/mol. The molecule has 86 valence electrons. The van der Waals surface area contributed by atoms with Crippen molar-refractivity contribution in [1.29, 1.82) is 0 Å². The summed E-state index contributed by atoms with van der Waals surface area (Å²) in [6, 6.07) is 10.5. The minimum atomic E-state index is 0.933. The first-order valence-electron chi connectivity index (χ1n) is 5.49.